The van der Waals surface area contributed by atoms with E-state index in [2.05, 4.69) is 4.98 Å². The summed E-state index contributed by atoms with van der Waals surface area (Å²) in [4.78, 5) is 35.0. The lowest BCUT2D eigenvalue weighted by Gasteiger charge is -2.34. The number of amides is 2. The molecule has 6 nitrogen and oxygen atoms in total. The minimum Gasteiger partial charge on any atom is -0.451 e. The van der Waals surface area contributed by atoms with Crippen molar-refractivity contribution in [1.29, 1.82) is 0 Å². The first-order valence-electron chi connectivity index (χ1n) is 10.3. The highest BCUT2D eigenvalue weighted by atomic mass is 32.2. The van der Waals surface area contributed by atoms with Gasteiger partial charge in [-0.05, 0) is 24.3 Å². The minimum atomic E-state index is -0.132. The van der Waals surface area contributed by atoms with Gasteiger partial charge in [-0.25, -0.2) is 4.98 Å². The number of fused-ring (bicyclic) bond motifs is 1. The summed E-state index contributed by atoms with van der Waals surface area (Å²) in [5, 5.41) is 2.94. The second-order valence-corrected chi connectivity index (χ2v) is 9.23. The molecule has 1 aliphatic heterocycles. The number of thiazole rings is 1. The molecular weight excluding hydrogens is 442 g/mol. The molecule has 0 aliphatic carbocycles. The molecule has 0 spiro atoms. The van der Waals surface area contributed by atoms with Crippen LogP contribution in [0.1, 0.15) is 26.6 Å². The van der Waals surface area contributed by atoms with Gasteiger partial charge in [-0.3, -0.25) is 9.59 Å². The van der Waals surface area contributed by atoms with Gasteiger partial charge in [0.15, 0.2) is 5.76 Å². The first kappa shape index (κ1) is 20.8. The Morgan fingerprint density at radius 1 is 0.969 bits per heavy atom. The van der Waals surface area contributed by atoms with Crippen molar-refractivity contribution in [2.75, 3.05) is 26.2 Å². The molecule has 0 unspecified atom stereocenters. The predicted octanol–water partition coefficient (Wildman–Crippen LogP) is 4.78. The molecule has 162 valence electrons. The predicted molar refractivity (Wildman–Crippen MR) is 126 cm³/mol. The Morgan fingerprint density at radius 2 is 1.69 bits per heavy atom. The lowest BCUT2D eigenvalue weighted by molar-refractivity contribution is 0.0518. The molecule has 8 heteroatoms. The van der Waals surface area contributed by atoms with E-state index in [9.17, 15) is 9.59 Å². The molecule has 32 heavy (non-hydrogen) atoms. The third-order valence-corrected chi connectivity index (χ3v) is 7.21. The van der Waals surface area contributed by atoms with E-state index in [0.717, 1.165) is 21.7 Å². The maximum atomic E-state index is 13.2. The van der Waals surface area contributed by atoms with Crippen LogP contribution >= 0.6 is 23.1 Å². The van der Waals surface area contributed by atoms with Crippen LogP contribution in [0.5, 0.6) is 0 Å². The molecule has 4 aromatic rings. The van der Waals surface area contributed by atoms with Crippen molar-refractivity contribution < 1.29 is 14.0 Å². The number of furan rings is 1. The number of para-hydroxylation sites is 1. The van der Waals surface area contributed by atoms with E-state index in [-0.39, 0.29) is 11.8 Å². The normalized spacial score (nSPS) is 14.1. The second kappa shape index (κ2) is 9.18. The maximum absolute atomic E-state index is 13.2. The maximum Gasteiger partial charge on any atom is 0.289 e. The summed E-state index contributed by atoms with van der Waals surface area (Å²) in [5.74, 6) is 0.942. The number of carbonyl (C=O) groups is 2. The lowest BCUT2D eigenvalue weighted by Crippen LogP contribution is -2.50. The molecule has 0 radical (unpaired) electrons. The van der Waals surface area contributed by atoms with Gasteiger partial charge in [0.2, 0.25) is 0 Å². The summed E-state index contributed by atoms with van der Waals surface area (Å²) in [7, 11) is 0. The van der Waals surface area contributed by atoms with Gasteiger partial charge >= 0.3 is 0 Å². The van der Waals surface area contributed by atoms with Crippen LogP contribution in [0.2, 0.25) is 0 Å². The standard InChI is InChI=1S/C24H21N3O3S2/c28-23(19-6-2-4-8-22(19)32-15-18-14-31-16-25-18)26-9-11-27(12-10-26)24(29)21-13-17-5-1-3-7-20(17)30-21/h1-8,13-14,16H,9-12,15H2. The molecule has 0 bridgehead atoms. The van der Waals surface area contributed by atoms with Crippen LogP contribution < -0.4 is 0 Å². The Morgan fingerprint density at radius 3 is 2.44 bits per heavy atom. The van der Waals surface area contributed by atoms with Crippen molar-refractivity contribution in [3.63, 3.8) is 0 Å². The third-order valence-electron chi connectivity index (χ3n) is 5.47. The average molecular weight is 464 g/mol. The van der Waals surface area contributed by atoms with Gasteiger partial charge < -0.3 is 14.2 Å². The topological polar surface area (TPSA) is 66.7 Å². The minimum absolute atomic E-state index is 0.00205. The summed E-state index contributed by atoms with van der Waals surface area (Å²) in [6, 6.07) is 17.1. The molecule has 2 amide bonds. The number of nitrogens with zero attached hydrogens (tertiary/aromatic N) is 3. The van der Waals surface area contributed by atoms with Gasteiger partial charge in [0, 0.05) is 47.6 Å². The van der Waals surface area contributed by atoms with E-state index in [4.69, 9.17) is 4.42 Å². The zero-order valence-corrected chi connectivity index (χ0v) is 18.9. The van der Waals surface area contributed by atoms with Crippen molar-refractivity contribution >= 4 is 45.9 Å². The van der Waals surface area contributed by atoms with E-state index in [1.165, 1.54) is 0 Å². The molecule has 0 N–H and O–H groups in total. The molecule has 5 rings (SSSR count). The molecule has 0 saturated carbocycles. The van der Waals surface area contributed by atoms with Gasteiger partial charge in [-0.1, -0.05) is 30.3 Å². The Hall–Kier alpha value is -3.10. The average Bonchev–Trinajstić information content (AvgIpc) is 3.52. The summed E-state index contributed by atoms with van der Waals surface area (Å²) in [6.45, 7) is 1.96. The fraction of sp³-hybridized carbons (Fsp3) is 0.208. The van der Waals surface area contributed by atoms with Crippen LogP contribution in [-0.2, 0) is 5.75 Å². The van der Waals surface area contributed by atoms with E-state index in [0.29, 0.717) is 43.1 Å². The number of hydrogen-bond donors (Lipinski definition) is 0. The summed E-state index contributed by atoms with van der Waals surface area (Å²) < 4.78 is 5.72. The molecule has 1 fully saturated rings. The van der Waals surface area contributed by atoms with E-state index in [1.54, 1.807) is 34.1 Å². The monoisotopic (exact) mass is 463 g/mol. The van der Waals surface area contributed by atoms with Crippen LogP contribution in [0, 0.1) is 0 Å². The molecule has 2 aromatic heterocycles. The van der Waals surface area contributed by atoms with Crippen molar-refractivity contribution in [3.8, 4) is 0 Å². The second-order valence-electron chi connectivity index (χ2n) is 7.50. The molecule has 3 heterocycles. The van der Waals surface area contributed by atoms with Crippen molar-refractivity contribution in [2.45, 2.75) is 10.6 Å². The fourth-order valence-corrected chi connectivity index (χ4v) is 5.37. The number of carbonyl (C=O) groups excluding carboxylic acids is 2. The van der Waals surface area contributed by atoms with Crippen molar-refractivity contribution in [2.24, 2.45) is 0 Å². The van der Waals surface area contributed by atoms with E-state index < -0.39 is 0 Å². The third kappa shape index (κ3) is 4.28. The van der Waals surface area contributed by atoms with E-state index >= 15 is 0 Å². The number of rotatable bonds is 5. The van der Waals surface area contributed by atoms with E-state index in [1.807, 2.05) is 64.3 Å². The SMILES string of the molecule is O=C(c1cc2ccccc2o1)N1CCN(C(=O)c2ccccc2SCc2cscn2)CC1. The Bertz CT molecular complexity index is 1210. The van der Waals surface area contributed by atoms with Crippen LogP contribution in [0.4, 0.5) is 0 Å². The van der Waals surface area contributed by atoms with Gasteiger partial charge in [0.1, 0.15) is 5.58 Å². The number of benzene rings is 2. The number of thioether (sulfide) groups is 1. The Balaban J connectivity index is 1.23. The van der Waals surface area contributed by atoms with Crippen molar-refractivity contribution in [1.82, 2.24) is 14.8 Å². The summed E-state index contributed by atoms with van der Waals surface area (Å²) in [5.41, 5.74) is 4.24. The highest BCUT2D eigenvalue weighted by Crippen LogP contribution is 2.28. The van der Waals surface area contributed by atoms with Gasteiger partial charge in [0.05, 0.1) is 16.8 Å². The smallest absolute Gasteiger partial charge is 0.289 e. The lowest BCUT2D eigenvalue weighted by atomic mass is 10.1. The number of hydrogen-bond acceptors (Lipinski definition) is 6. The quantitative estimate of drug-likeness (QED) is 0.399. The molecule has 1 saturated heterocycles. The Kier molecular flexibility index (Phi) is 5.96. The van der Waals surface area contributed by atoms with Crippen LogP contribution in [0.25, 0.3) is 11.0 Å². The summed E-state index contributed by atoms with van der Waals surface area (Å²) in [6.07, 6.45) is 0. The molecule has 1 aliphatic rings. The van der Waals surface area contributed by atoms with Gasteiger partial charge in [0.25, 0.3) is 11.8 Å². The Labute approximate surface area is 193 Å². The zero-order valence-electron chi connectivity index (χ0n) is 17.3. The largest absolute Gasteiger partial charge is 0.451 e. The highest BCUT2D eigenvalue weighted by Gasteiger charge is 2.28. The van der Waals surface area contributed by atoms with Crippen LogP contribution in [0.15, 0.2) is 74.8 Å². The zero-order chi connectivity index (χ0) is 21.9. The van der Waals surface area contributed by atoms with Crippen molar-refractivity contribution in [3.05, 3.63) is 82.5 Å². The van der Waals surface area contributed by atoms with Crippen LogP contribution in [-0.4, -0.2) is 52.8 Å². The van der Waals surface area contributed by atoms with Crippen LogP contribution in [0.3, 0.4) is 0 Å². The first-order valence-corrected chi connectivity index (χ1v) is 12.3. The van der Waals surface area contributed by atoms with Gasteiger partial charge in [-0.2, -0.15) is 0 Å². The molecular formula is C24H21N3O3S2. The molecule has 0 atom stereocenters. The number of aromatic nitrogens is 1. The first-order chi connectivity index (χ1) is 15.7. The fourth-order valence-electron chi connectivity index (χ4n) is 3.76. The summed E-state index contributed by atoms with van der Waals surface area (Å²) >= 11 is 3.19. The molecule has 2 aromatic carbocycles. The highest BCUT2D eigenvalue weighted by molar-refractivity contribution is 7.98. The number of piperazine rings is 1. The van der Waals surface area contributed by atoms with Gasteiger partial charge in [-0.15, -0.1) is 23.1 Å².